The summed E-state index contributed by atoms with van der Waals surface area (Å²) in [5, 5.41) is 9.07. The van der Waals surface area contributed by atoms with E-state index in [1.807, 2.05) is 4.90 Å². The fourth-order valence-corrected chi connectivity index (χ4v) is 2.21. The second-order valence-electron chi connectivity index (χ2n) is 3.95. The zero-order chi connectivity index (χ0) is 12.4. The van der Waals surface area contributed by atoms with Crippen molar-refractivity contribution in [2.45, 2.75) is 6.10 Å². The molecular formula is C11H14BrFN2O2. The van der Waals surface area contributed by atoms with Crippen molar-refractivity contribution in [3.8, 4) is 0 Å². The fourth-order valence-electron chi connectivity index (χ4n) is 1.87. The summed E-state index contributed by atoms with van der Waals surface area (Å²) >= 11 is 3.14. The van der Waals surface area contributed by atoms with Gasteiger partial charge in [0.25, 0.3) is 0 Å². The third-order valence-electron chi connectivity index (χ3n) is 2.75. The van der Waals surface area contributed by atoms with Gasteiger partial charge < -0.3 is 20.5 Å². The summed E-state index contributed by atoms with van der Waals surface area (Å²) in [5.41, 5.74) is 6.96. The Bertz CT molecular complexity index is 417. The van der Waals surface area contributed by atoms with Crippen molar-refractivity contribution < 1.29 is 14.2 Å². The molecule has 1 fully saturated rings. The Labute approximate surface area is 107 Å². The molecule has 1 aromatic rings. The van der Waals surface area contributed by atoms with Crippen LogP contribution in [0.15, 0.2) is 16.6 Å². The standard InChI is InChI=1S/C11H14BrFN2O2/c12-8-3-11(10(14)4-9(8)13)15-1-2-17-7(5-15)6-16/h3-4,7,16H,1-2,5-6,14H2. The average molecular weight is 305 g/mol. The van der Waals surface area contributed by atoms with Gasteiger partial charge >= 0.3 is 0 Å². The predicted octanol–water partition coefficient (Wildman–Crippen LogP) is 1.37. The molecule has 1 saturated heterocycles. The molecule has 0 aromatic heterocycles. The molecule has 0 bridgehead atoms. The summed E-state index contributed by atoms with van der Waals surface area (Å²) in [5.74, 6) is -0.377. The maximum atomic E-state index is 13.3. The van der Waals surface area contributed by atoms with Crippen LogP contribution in [-0.2, 0) is 4.74 Å². The van der Waals surface area contributed by atoms with E-state index < -0.39 is 0 Å². The summed E-state index contributed by atoms with van der Waals surface area (Å²) in [6, 6.07) is 2.95. The van der Waals surface area contributed by atoms with Gasteiger partial charge in [-0.15, -0.1) is 0 Å². The van der Waals surface area contributed by atoms with Crippen LogP contribution in [0.1, 0.15) is 0 Å². The zero-order valence-corrected chi connectivity index (χ0v) is 10.8. The van der Waals surface area contributed by atoms with E-state index in [-0.39, 0.29) is 18.5 Å². The highest BCUT2D eigenvalue weighted by Gasteiger charge is 2.22. The second-order valence-corrected chi connectivity index (χ2v) is 4.80. The number of rotatable bonds is 2. The first-order valence-corrected chi connectivity index (χ1v) is 6.13. The number of halogens is 2. The molecule has 6 heteroatoms. The molecule has 1 aliphatic heterocycles. The van der Waals surface area contributed by atoms with Crippen LogP contribution in [-0.4, -0.2) is 37.5 Å². The number of nitrogens with two attached hydrogens (primary N) is 1. The van der Waals surface area contributed by atoms with Crippen molar-refractivity contribution in [2.75, 3.05) is 36.9 Å². The minimum absolute atomic E-state index is 0.0290. The number of ether oxygens (including phenoxy) is 1. The molecular weight excluding hydrogens is 291 g/mol. The number of benzene rings is 1. The molecule has 0 spiro atoms. The first-order chi connectivity index (χ1) is 8.11. The van der Waals surface area contributed by atoms with Crippen molar-refractivity contribution in [2.24, 2.45) is 0 Å². The van der Waals surface area contributed by atoms with Crippen molar-refractivity contribution >= 4 is 27.3 Å². The molecule has 0 saturated carbocycles. The summed E-state index contributed by atoms with van der Waals surface area (Å²) in [7, 11) is 0. The molecule has 0 radical (unpaired) electrons. The Balaban J connectivity index is 2.24. The van der Waals surface area contributed by atoms with Gasteiger partial charge in [0.05, 0.1) is 35.2 Å². The summed E-state index contributed by atoms with van der Waals surface area (Å²) in [6.07, 6.45) is -0.216. The van der Waals surface area contributed by atoms with Gasteiger partial charge in [0.1, 0.15) is 5.82 Å². The van der Waals surface area contributed by atoms with E-state index in [1.54, 1.807) is 6.07 Å². The zero-order valence-electron chi connectivity index (χ0n) is 9.20. The lowest BCUT2D eigenvalue weighted by atomic mass is 10.2. The smallest absolute Gasteiger partial charge is 0.139 e. The number of nitrogen functional groups attached to an aromatic ring is 1. The summed E-state index contributed by atoms with van der Waals surface area (Å²) in [4.78, 5) is 1.99. The lowest BCUT2D eigenvalue weighted by Gasteiger charge is -2.34. The minimum atomic E-state index is -0.377. The molecule has 17 heavy (non-hydrogen) atoms. The number of anilines is 2. The Morgan fingerprint density at radius 1 is 1.59 bits per heavy atom. The molecule has 0 aliphatic carbocycles. The minimum Gasteiger partial charge on any atom is -0.397 e. The highest BCUT2D eigenvalue weighted by Crippen LogP contribution is 2.30. The lowest BCUT2D eigenvalue weighted by Crippen LogP contribution is -2.44. The number of hydrogen-bond donors (Lipinski definition) is 2. The molecule has 1 aromatic carbocycles. The molecule has 94 valence electrons. The van der Waals surface area contributed by atoms with Crippen molar-refractivity contribution in [3.63, 3.8) is 0 Å². The van der Waals surface area contributed by atoms with E-state index in [0.29, 0.717) is 29.9 Å². The van der Waals surface area contributed by atoms with Crippen molar-refractivity contribution in [3.05, 3.63) is 22.4 Å². The molecule has 1 atom stereocenters. The largest absolute Gasteiger partial charge is 0.397 e. The van der Waals surface area contributed by atoms with E-state index in [0.717, 1.165) is 5.69 Å². The van der Waals surface area contributed by atoms with Crippen LogP contribution in [0.4, 0.5) is 15.8 Å². The van der Waals surface area contributed by atoms with Gasteiger partial charge in [-0.2, -0.15) is 0 Å². The third kappa shape index (κ3) is 2.70. The molecule has 0 amide bonds. The van der Waals surface area contributed by atoms with Gasteiger partial charge in [0.15, 0.2) is 0 Å². The van der Waals surface area contributed by atoms with Gasteiger partial charge in [-0.3, -0.25) is 0 Å². The molecule has 1 unspecified atom stereocenters. The lowest BCUT2D eigenvalue weighted by molar-refractivity contribution is 0.00360. The van der Waals surface area contributed by atoms with E-state index in [4.69, 9.17) is 15.6 Å². The number of aliphatic hydroxyl groups is 1. The van der Waals surface area contributed by atoms with E-state index in [1.165, 1.54) is 6.07 Å². The van der Waals surface area contributed by atoms with Crippen molar-refractivity contribution in [1.82, 2.24) is 0 Å². The van der Waals surface area contributed by atoms with Gasteiger partial charge in [0, 0.05) is 19.2 Å². The van der Waals surface area contributed by atoms with Crippen LogP contribution in [0, 0.1) is 5.82 Å². The first-order valence-electron chi connectivity index (χ1n) is 5.33. The quantitative estimate of drug-likeness (QED) is 0.810. The van der Waals surface area contributed by atoms with Crippen LogP contribution >= 0.6 is 15.9 Å². The molecule has 4 nitrogen and oxygen atoms in total. The van der Waals surface area contributed by atoms with E-state index >= 15 is 0 Å². The normalized spacial score (nSPS) is 20.6. The molecule has 1 aliphatic rings. The topological polar surface area (TPSA) is 58.7 Å². The molecule has 3 N–H and O–H groups in total. The fraction of sp³-hybridized carbons (Fsp3) is 0.455. The molecule has 1 heterocycles. The Morgan fingerprint density at radius 2 is 2.35 bits per heavy atom. The van der Waals surface area contributed by atoms with Crippen LogP contribution in [0.25, 0.3) is 0 Å². The van der Waals surface area contributed by atoms with Crippen LogP contribution in [0.3, 0.4) is 0 Å². The Hall–Kier alpha value is -0.850. The number of nitrogens with zero attached hydrogens (tertiary/aromatic N) is 1. The van der Waals surface area contributed by atoms with Crippen LogP contribution in [0.2, 0.25) is 0 Å². The highest BCUT2D eigenvalue weighted by atomic mass is 79.9. The second kappa shape index (κ2) is 5.20. The van der Waals surface area contributed by atoms with Crippen LogP contribution in [0.5, 0.6) is 0 Å². The third-order valence-corrected chi connectivity index (χ3v) is 3.36. The number of aliphatic hydroxyl groups excluding tert-OH is 1. The summed E-state index contributed by atoms with van der Waals surface area (Å²) < 4.78 is 19.0. The van der Waals surface area contributed by atoms with Crippen LogP contribution < -0.4 is 10.6 Å². The number of hydrogen-bond acceptors (Lipinski definition) is 4. The monoisotopic (exact) mass is 304 g/mol. The maximum Gasteiger partial charge on any atom is 0.139 e. The summed E-state index contributed by atoms with van der Waals surface area (Å²) in [6.45, 7) is 1.73. The first kappa shape index (κ1) is 12.6. The SMILES string of the molecule is Nc1cc(F)c(Br)cc1N1CCOC(CO)C1. The van der Waals surface area contributed by atoms with E-state index in [2.05, 4.69) is 15.9 Å². The molecule has 2 rings (SSSR count). The van der Waals surface area contributed by atoms with E-state index in [9.17, 15) is 4.39 Å². The average Bonchev–Trinajstić information content (AvgIpc) is 2.34. The predicted molar refractivity (Wildman–Crippen MR) is 67.6 cm³/mol. The maximum absolute atomic E-state index is 13.3. The highest BCUT2D eigenvalue weighted by molar-refractivity contribution is 9.10. The van der Waals surface area contributed by atoms with Gasteiger partial charge in [-0.05, 0) is 22.0 Å². The Kier molecular flexibility index (Phi) is 3.86. The van der Waals surface area contributed by atoms with Gasteiger partial charge in [-0.25, -0.2) is 4.39 Å². The van der Waals surface area contributed by atoms with Gasteiger partial charge in [-0.1, -0.05) is 0 Å². The van der Waals surface area contributed by atoms with Crippen molar-refractivity contribution in [1.29, 1.82) is 0 Å². The number of morpholine rings is 1. The Morgan fingerprint density at radius 3 is 3.06 bits per heavy atom. The van der Waals surface area contributed by atoms with Gasteiger partial charge in [0.2, 0.25) is 0 Å².